The van der Waals surface area contributed by atoms with Crippen molar-refractivity contribution < 1.29 is 9.32 Å². The van der Waals surface area contributed by atoms with Gasteiger partial charge in [-0.15, -0.1) is 0 Å². The molecule has 0 saturated carbocycles. The number of aromatic nitrogens is 4. The highest BCUT2D eigenvalue weighted by molar-refractivity contribution is 6.02. The van der Waals surface area contributed by atoms with E-state index in [2.05, 4.69) is 54.3 Å². The number of aryl methyl sites for hydroxylation is 2. The summed E-state index contributed by atoms with van der Waals surface area (Å²) in [5, 5.41) is 19.0. The molecule has 2 aliphatic carbocycles. The van der Waals surface area contributed by atoms with E-state index in [0.29, 0.717) is 11.7 Å². The molecular weight excluding hydrogens is 462 g/mol. The van der Waals surface area contributed by atoms with Gasteiger partial charge in [0.1, 0.15) is 6.07 Å². The molecule has 0 radical (unpaired) electrons. The summed E-state index contributed by atoms with van der Waals surface area (Å²) < 4.78 is 7.15. The zero-order chi connectivity index (χ0) is 25.9. The van der Waals surface area contributed by atoms with E-state index in [9.17, 15) is 10.1 Å². The van der Waals surface area contributed by atoms with Gasteiger partial charge in [0.05, 0.1) is 22.6 Å². The number of ketones is 1. The number of fused-ring (bicyclic) bond motifs is 3. The van der Waals surface area contributed by atoms with Crippen LogP contribution in [-0.2, 0) is 16.6 Å². The summed E-state index contributed by atoms with van der Waals surface area (Å²) in [6.45, 7) is 7.96. The predicted molar refractivity (Wildman–Crippen MR) is 139 cm³/mol. The smallest absolute Gasteiger partial charge is 0.223 e. The number of carbonyl (C=O) groups is 1. The van der Waals surface area contributed by atoms with Crippen LogP contribution in [0.1, 0.15) is 43.0 Å². The minimum absolute atomic E-state index is 0.0574. The van der Waals surface area contributed by atoms with Gasteiger partial charge in [0, 0.05) is 34.9 Å². The van der Waals surface area contributed by atoms with Crippen LogP contribution in [0, 0.1) is 37.0 Å². The highest BCUT2D eigenvalue weighted by Gasteiger charge is 2.50. The molecule has 0 aliphatic heterocycles. The van der Waals surface area contributed by atoms with Crippen LogP contribution in [-0.4, -0.2) is 25.7 Å². The minimum atomic E-state index is -0.509. The molecule has 2 heterocycles. The van der Waals surface area contributed by atoms with Crippen molar-refractivity contribution in [3.63, 3.8) is 0 Å². The topological polar surface area (TPSA) is 97.6 Å². The lowest BCUT2D eigenvalue weighted by Crippen LogP contribution is -2.46. The highest BCUT2D eigenvalue weighted by Crippen LogP contribution is 2.52. The Hall–Kier alpha value is -4.31. The third-order valence-corrected chi connectivity index (χ3v) is 8.04. The molecule has 184 valence electrons. The first-order valence-electron chi connectivity index (χ1n) is 12.6. The number of carbonyl (C=O) groups excluding carboxylic acids is 1. The maximum atomic E-state index is 12.9. The Bertz CT molecular complexity index is 1600. The Balaban J connectivity index is 1.57. The zero-order valence-electron chi connectivity index (χ0n) is 21.3. The number of nitrogens with zero attached hydrogens (tertiary/aromatic N) is 5. The second kappa shape index (κ2) is 8.38. The van der Waals surface area contributed by atoms with Crippen LogP contribution in [0.2, 0.25) is 0 Å². The van der Waals surface area contributed by atoms with Crippen molar-refractivity contribution in [2.75, 3.05) is 0 Å². The maximum Gasteiger partial charge on any atom is 0.223 e. The van der Waals surface area contributed by atoms with Gasteiger partial charge in [0.15, 0.2) is 5.78 Å². The molecule has 2 aromatic heterocycles. The van der Waals surface area contributed by atoms with Gasteiger partial charge in [0.25, 0.3) is 0 Å². The number of hydrogen-bond acceptors (Lipinski definition) is 6. The Morgan fingerprint density at radius 1 is 1.08 bits per heavy atom. The number of hydrogen-bond donors (Lipinski definition) is 0. The fraction of sp³-hybridized carbons (Fsp3) is 0.300. The first-order chi connectivity index (χ1) is 17.8. The zero-order valence-corrected chi connectivity index (χ0v) is 21.3. The van der Waals surface area contributed by atoms with Gasteiger partial charge in [-0.1, -0.05) is 54.9 Å². The number of Topliss-reactive ketones (excluding diaryl/α,β-unsaturated/α-hetero) is 1. The van der Waals surface area contributed by atoms with Crippen LogP contribution in [0.3, 0.4) is 0 Å². The summed E-state index contributed by atoms with van der Waals surface area (Å²) >= 11 is 0. The Labute approximate surface area is 215 Å². The summed E-state index contributed by atoms with van der Waals surface area (Å²) in [7, 11) is 0. The third-order valence-electron chi connectivity index (χ3n) is 8.04. The molecule has 0 N–H and O–H groups in total. The molecule has 0 fully saturated rings. The van der Waals surface area contributed by atoms with Crippen molar-refractivity contribution >= 4 is 5.78 Å². The molecule has 6 rings (SSSR count). The van der Waals surface area contributed by atoms with Gasteiger partial charge in [-0.2, -0.15) is 15.3 Å². The van der Waals surface area contributed by atoms with Crippen LogP contribution in [0.5, 0.6) is 0 Å². The molecule has 0 unspecified atom stereocenters. The molecular formula is C30H27N5O2. The quantitative estimate of drug-likeness (QED) is 0.366. The van der Waals surface area contributed by atoms with Crippen LogP contribution in [0.4, 0.5) is 0 Å². The van der Waals surface area contributed by atoms with Crippen LogP contribution in [0.25, 0.3) is 28.3 Å². The third kappa shape index (κ3) is 3.55. The molecule has 0 saturated heterocycles. The van der Waals surface area contributed by atoms with Crippen molar-refractivity contribution in [3.8, 4) is 34.4 Å². The van der Waals surface area contributed by atoms with E-state index < -0.39 is 5.41 Å². The molecule has 0 spiro atoms. The average Bonchev–Trinajstić information content (AvgIpc) is 3.51. The summed E-state index contributed by atoms with van der Waals surface area (Å²) in [5.74, 6) is 0.862. The Morgan fingerprint density at radius 2 is 1.78 bits per heavy atom. The molecule has 37 heavy (non-hydrogen) atoms. The number of nitriles is 1. The van der Waals surface area contributed by atoms with Crippen LogP contribution in [0.15, 0.2) is 64.7 Å². The predicted octanol–water partition coefficient (Wildman–Crippen LogP) is 5.70. The molecule has 0 bridgehead atoms. The molecule has 2 aliphatic rings. The normalized spacial score (nSPS) is 22.7. The van der Waals surface area contributed by atoms with Crippen molar-refractivity contribution in [1.82, 2.24) is 19.9 Å². The highest BCUT2D eigenvalue weighted by atomic mass is 16.5. The average molecular weight is 490 g/mol. The molecule has 4 aromatic rings. The lowest BCUT2D eigenvalue weighted by atomic mass is 9.57. The first kappa shape index (κ1) is 23.1. The van der Waals surface area contributed by atoms with Gasteiger partial charge >= 0.3 is 0 Å². The fourth-order valence-electron chi connectivity index (χ4n) is 6.15. The fourth-order valence-corrected chi connectivity index (χ4v) is 6.15. The van der Waals surface area contributed by atoms with Crippen molar-refractivity contribution in [2.45, 2.75) is 46.0 Å². The summed E-state index contributed by atoms with van der Waals surface area (Å²) in [4.78, 5) is 17.3. The molecule has 2 aromatic carbocycles. The van der Waals surface area contributed by atoms with Crippen LogP contribution < -0.4 is 0 Å². The first-order valence-corrected chi connectivity index (χ1v) is 12.6. The van der Waals surface area contributed by atoms with Gasteiger partial charge in [-0.25, -0.2) is 4.68 Å². The van der Waals surface area contributed by atoms with Crippen molar-refractivity contribution in [1.29, 1.82) is 5.26 Å². The number of benzene rings is 2. The standard InChI is InChI=1S/C30H27N5O2/c1-17-5-7-20(8-6-17)26-24-13-14-25-18(2)27(36)22(16-31)15-30(25,4)28(24)35(33-26)23-11-9-21(10-12-23)29-32-19(3)37-34-29/h5-12,15,18,25H,13-14H2,1-4H3/t18-,25-,30-/m1/s1. The maximum absolute atomic E-state index is 12.9. The molecule has 7 nitrogen and oxygen atoms in total. The Kier molecular flexibility index (Phi) is 5.23. The van der Waals surface area contributed by atoms with Crippen molar-refractivity contribution in [3.05, 3.63) is 82.9 Å². The van der Waals surface area contributed by atoms with Gasteiger partial charge < -0.3 is 4.52 Å². The summed E-state index contributed by atoms with van der Waals surface area (Å²) in [6, 6.07) is 18.5. The van der Waals surface area contributed by atoms with E-state index >= 15 is 0 Å². The van der Waals surface area contributed by atoms with E-state index in [1.54, 1.807) is 6.92 Å². The lowest BCUT2D eigenvalue weighted by molar-refractivity contribution is -0.121. The van der Waals surface area contributed by atoms with E-state index in [-0.39, 0.29) is 23.2 Å². The minimum Gasteiger partial charge on any atom is -0.339 e. The molecule has 0 amide bonds. The van der Waals surface area contributed by atoms with E-state index in [1.165, 1.54) is 11.1 Å². The van der Waals surface area contributed by atoms with E-state index in [1.807, 2.05) is 41.9 Å². The van der Waals surface area contributed by atoms with Crippen molar-refractivity contribution in [2.24, 2.45) is 11.8 Å². The van der Waals surface area contributed by atoms with E-state index in [0.717, 1.165) is 41.0 Å². The van der Waals surface area contributed by atoms with Crippen LogP contribution >= 0.6 is 0 Å². The SMILES string of the molecule is Cc1ccc(-c2nn(-c3ccc(-c4noc(C)n4)cc3)c3c2CC[C@@H]2[C@@H](C)C(=O)C(C#N)=C[C@@]32C)cc1. The second-order valence-corrected chi connectivity index (χ2v) is 10.4. The monoisotopic (exact) mass is 489 g/mol. The molecule has 7 heteroatoms. The lowest BCUT2D eigenvalue weighted by Gasteiger charge is -2.45. The molecule has 3 atom stereocenters. The number of allylic oxidation sites excluding steroid dienone is 2. The van der Waals surface area contributed by atoms with E-state index in [4.69, 9.17) is 9.62 Å². The summed E-state index contributed by atoms with van der Waals surface area (Å²) in [6.07, 6.45) is 3.59. The summed E-state index contributed by atoms with van der Waals surface area (Å²) in [5.41, 5.74) is 6.92. The number of rotatable bonds is 3. The second-order valence-electron chi connectivity index (χ2n) is 10.4. The van der Waals surface area contributed by atoms with Gasteiger partial charge in [-0.3, -0.25) is 4.79 Å². The Morgan fingerprint density at radius 3 is 2.43 bits per heavy atom. The largest absolute Gasteiger partial charge is 0.339 e. The van der Waals surface area contributed by atoms with Gasteiger partial charge in [-0.05, 0) is 49.9 Å². The van der Waals surface area contributed by atoms with Gasteiger partial charge in [0.2, 0.25) is 11.7 Å².